The maximum Gasteiger partial charge on any atom is 0.238 e. The fourth-order valence-electron chi connectivity index (χ4n) is 11.0. The standard InChI is InChI=1S/C66H41N9/c1-5-19-42(20-6-1)61-67-62(43-21-7-2-8-22-43)69-63(68-61)45-33-36-48(37-34-45)74-56-31-17-13-27-49(56)52-38-39-53-50-28-14-18-32-57(50)75(60(53)59(52)74)66-71-64(44-23-9-3-10-24-44)70-65(72-66)46-35-40-58-54(41-46)51-29-15-16-30-55(51)73(58)47-25-11-4-12-26-47/h1-41H. The molecule has 0 aliphatic rings. The Morgan fingerprint density at radius 3 is 1.08 bits per heavy atom. The fourth-order valence-corrected chi connectivity index (χ4v) is 11.0. The van der Waals surface area contributed by atoms with Crippen molar-refractivity contribution in [3.8, 4) is 74.3 Å². The van der Waals surface area contributed by atoms with Gasteiger partial charge in [0.05, 0.1) is 33.1 Å². The third-order valence-corrected chi connectivity index (χ3v) is 14.4. The van der Waals surface area contributed by atoms with Crippen LogP contribution in [-0.4, -0.2) is 43.6 Å². The van der Waals surface area contributed by atoms with Gasteiger partial charge in [-0.15, -0.1) is 0 Å². The van der Waals surface area contributed by atoms with Gasteiger partial charge in [-0.05, 0) is 72.8 Å². The smallest absolute Gasteiger partial charge is 0.238 e. The average Bonchev–Trinajstić information content (AvgIpc) is 4.15. The number of fused-ring (bicyclic) bond motifs is 10. The first-order valence-corrected chi connectivity index (χ1v) is 25.0. The first kappa shape index (κ1) is 42.3. The zero-order valence-corrected chi connectivity index (χ0v) is 40.2. The predicted octanol–water partition coefficient (Wildman–Crippen LogP) is 15.7. The molecule has 0 amide bonds. The minimum absolute atomic E-state index is 0.523. The van der Waals surface area contributed by atoms with Crippen molar-refractivity contribution < 1.29 is 0 Å². The van der Waals surface area contributed by atoms with Crippen LogP contribution in [0.3, 0.4) is 0 Å². The SMILES string of the molecule is c1ccc(-c2nc(-c3ccccc3)nc(-c3ccc(-n4c5ccccc5c5ccc6c7ccccc7n(-c7nc(-c8ccccc8)nc(-c8ccc9c(c8)c8ccccc8n9-c8ccccc8)n7)c6c54)cc3)n2)cc1. The van der Waals surface area contributed by atoms with E-state index in [9.17, 15) is 0 Å². The van der Waals surface area contributed by atoms with E-state index in [2.05, 4.69) is 184 Å². The van der Waals surface area contributed by atoms with Crippen molar-refractivity contribution in [2.24, 2.45) is 0 Å². The third kappa shape index (κ3) is 6.94. The highest BCUT2D eigenvalue weighted by Crippen LogP contribution is 2.42. The van der Waals surface area contributed by atoms with Crippen LogP contribution in [0.4, 0.5) is 0 Å². The molecule has 5 heterocycles. The lowest BCUT2D eigenvalue weighted by Gasteiger charge is -2.14. The Balaban J connectivity index is 0.954. The van der Waals surface area contributed by atoms with E-state index in [1.54, 1.807) is 0 Å². The lowest BCUT2D eigenvalue weighted by atomic mass is 10.1. The van der Waals surface area contributed by atoms with Crippen LogP contribution in [0.2, 0.25) is 0 Å². The summed E-state index contributed by atoms with van der Waals surface area (Å²) in [6, 6.07) is 86.3. The number of aromatic nitrogens is 9. The van der Waals surface area contributed by atoms with Gasteiger partial charge < -0.3 is 9.13 Å². The number of para-hydroxylation sites is 4. The van der Waals surface area contributed by atoms with Crippen molar-refractivity contribution in [3.05, 3.63) is 249 Å². The molecule has 0 bridgehead atoms. The topological polar surface area (TPSA) is 92.1 Å². The largest absolute Gasteiger partial charge is 0.309 e. The highest BCUT2D eigenvalue weighted by atomic mass is 15.2. The molecule has 15 aromatic rings. The van der Waals surface area contributed by atoms with E-state index in [0.717, 1.165) is 105 Å². The van der Waals surface area contributed by atoms with E-state index in [-0.39, 0.29) is 0 Å². The molecule has 0 atom stereocenters. The number of hydrogen-bond donors (Lipinski definition) is 0. The molecule has 0 saturated heterocycles. The summed E-state index contributed by atoms with van der Waals surface area (Å²) in [5.41, 5.74) is 12.9. The number of rotatable bonds is 8. The summed E-state index contributed by atoms with van der Waals surface area (Å²) in [4.78, 5) is 31.2. The molecule has 350 valence electrons. The Morgan fingerprint density at radius 1 is 0.213 bits per heavy atom. The van der Waals surface area contributed by atoms with Crippen LogP contribution < -0.4 is 0 Å². The lowest BCUT2D eigenvalue weighted by Crippen LogP contribution is -2.07. The molecule has 9 nitrogen and oxygen atoms in total. The van der Waals surface area contributed by atoms with Crippen LogP contribution in [-0.2, 0) is 0 Å². The molecule has 0 radical (unpaired) electrons. The van der Waals surface area contributed by atoms with Crippen LogP contribution in [0.5, 0.6) is 0 Å². The average molecular weight is 960 g/mol. The summed E-state index contributed by atoms with van der Waals surface area (Å²) in [7, 11) is 0. The van der Waals surface area contributed by atoms with Gasteiger partial charge in [-0.25, -0.2) is 19.9 Å². The number of nitrogens with zero attached hydrogens (tertiary/aromatic N) is 9. The van der Waals surface area contributed by atoms with E-state index >= 15 is 0 Å². The van der Waals surface area contributed by atoms with Gasteiger partial charge in [-0.2, -0.15) is 9.97 Å². The first-order chi connectivity index (χ1) is 37.2. The predicted molar refractivity (Wildman–Crippen MR) is 303 cm³/mol. The van der Waals surface area contributed by atoms with Crippen LogP contribution in [0.15, 0.2) is 249 Å². The summed E-state index contributed by atoms with van der Waals surface area (Å²) in [6.07, 6.45) is 0. The molecule has 9 heteroatoms. The molecule has 0 fully saturated rings. The van der Waals surface area contributed by atoms with Crippen molar-refractivity contribution in [2.75, 3.05) is 0 Å². The zero-order chi connectivity index (χ0) is 49.4. The Morgan fingerprint density at radius 2 is 0.560 bits per heavy atom. The Kier molecular flexibility index (Phi) is 9.67. The van der Waals surface area contributed by atoms with Gasteiger partial charge in [0.2, 0.25) is 5.95 Å². The third-order valence-electron chi connectivity index (χ3n) is 14.4. The lowest BCUT2D eigenvalue weighted by molar-refractivity contribution is 0.953. The molecule has 0 N–H and O–H groups in total. The quantitative estimate of drug-likeness (QED) is 0.151. The molecule has 0 aliphatic carbocycles. The van der Waals surface area contributed by atoms with Gasteiger partial charge >= 0.3 is 0 Å². The van der Waals surface area contributed by atoms with Crippen LogP contribution in [0, 0.1) is 0 Å². The minimum Gasteiger partial charge on any atom is -0.309 e. The minimum atomic E-state index is 0.523. The van der Waals surface area contributed by atoms with Gasteiger partial charge in [0, 0.05) is 71.5 Å². The molecule has 75 heavy (non-hydrogen) atoms. The van der Waals surface area contributed by atoms with Gasteiger partial charge in [0.25, 0.3) is 0 Å². The van der Waals surface area contributed by atoms with Gasteiger partial charge in [-0.3, -0.25) is 4.57 Å². The molecule has 0 saturated carbocycles. The van der Waals surface area contributed by atoms with E-state index in [4.69, 9.17) is 29.9 Å². The fraction of sp³-hybridized carbons (Fsp3) is 0. The first-order valence-electron chi connectivity index (χ1n) is 25.0. The monoisotopic (exact) mass is 959 g/mol. The second kappa shape index (κ2) is 17.1. The number of hydrogen-bond acceptors (Lipinski definition) is 6. The summed E-state index contributed by atoms with van der Waals surface area (Å²) in [5, 5.41) is 6.71. The van der Waals surface area contributed by atoms with Crippen molar-refractivity contribution in [1.29, 1.82) is 0 Å². The molecule has 10 aromatic carbocycles. The summed E-state index contributed by atoms with van der Waals surface area (Å²) >= 11 is 0. The van der Waals surface area contributed by atoms with E-state index in [0.29, 0.717) is 35.1 Å². The molecule has 0 aliphatic heterocycles. The molecular weight excluding hydrogens is 919 g/mol. The van der Waals surface area contributed by atoms with Gasteiger partial charge in [0.15, 0.2) is 29.1 Å². The summed E-state index contributed by atoms with van der Waals surface area (Å²) < 4.78 is 6.95. The van der Waals surface area contributed by atoms with Crippen LogP contribution in [0.1, 0.15) is 0 Å². The molecular formula is C66H41N9. The zero-order valence-electron chi connectivity index (χ0n) is 40.2. The highest BCUT2D eigenvalue weighted by Gasteiger charge is 2.24. The summed E-state index contributed by atoms with van der Waals surface area (Å²) in [5.74, 6) is 3.52. The second-order valence-corrected chi connectivity index (χ2v) is 18.7. The Labute approximate surface area is 430 Å². The van der Waals surface area contributed by atoms with Crippen LogP contribution in [0.25, 0.3) is 140 Å². The van der Waals surface area contributed by atoms with Gasteiger partial charge in [0.1, 0.15) is 0 Å². The molecule has 15 rings (SSSR count). The second-order valence-electron chi connectivity index (χ2n) is 18.7. The van der Waals surface area contributed by atoms with Crippen molar-refractivity contribution in [1.82, 2.24) is 43.6 Å². The Hall–Kier alpha value is -10.4. The van der Waals surface area contributed by atoms with Crippen molar-refractivity contribution >= 4 is 65.4 Å². The maximum absolute atomic E-state index is 5.50. The molecule has 5 aromatic heterocycles. The Bertz CT molecular complexity index is 4620. The van der Waals surface area contributed by atoms with Crippen molar-refractivity contribution in [2.45, 2.75) is 0 Å². The van der Waals surface area contributed by atoms with E-state index < -0.39 is 0 Å². The highest BCUT2D eigenvalue weighted by molar-refractivity contribution is 6.23. The number of benzene rings is 10. The summed E-state index contributed by atoms with van der Waals surface area (Å²) in [6.45, 7) is 0. The molecule has 0 spiro atoms. The van der Waals surface area contributed by atoms with E-state index in [1.807, 2.05) is 78.9 Å². The maximum atomic E-state index is 5.50. The van der Waals surface area contributed by atoms with Crippen molar-refractivity contribution in [3.63, 3.8) is 0 Å². The van der Waals surface area contributed by atoms with E-state index in [1.165, 1.54) is 0 Å². The molecule has 0 unspecified atom stereocenters. The van der Waals surface area contributed by atoms with Gasteiger partial charge in [-0.1, -0.05) is 176 Å². The normalized spacial score (nSPS) is 11.7. The van der Waals surface area contributed by atoms with Crippen LogP contribution >= 0.6 is 0 Å².